The fraction of sp³-hybridized carbons (Fsp3) is 0.375. The summed E-state index contributed by atoms with van der Waals surface area (Å²) in [5.74, 6) is 0. The van der Waals surface area contributed by atoms with Crippen molar-refractivity contribution in [1.29, 1.82) is 0 Å². The number of carbonyl (C=O) groups is 1. The van der Waals surface area contributed by atoms with Crippen molar-refractivity contribution in [2.45, 2.75) is 18.5 Å². The number of rotatable bonds is 3. The van der Waals surface area contributed by atoms with Crippen LogP contribution in [0, 0.1) is 0 Å². The highest BCUT2D eigenvalue weighted by atomic mass is 32.1. The smallest absolute Gasteiger partial charge is 0.434 e. The molecule has 0 atom stereocenters. The molecule has 0 bridgehead atoms. The molecule has 0 aliphatic heterocycles. The highest BCUT2D eigenvalue weighted by Crippen LogP contribution is 2.38. The van der Waals surface area contributed by atoms with Crippen molar-refractivity contribution >= 4 is 17.6 Å². The summed E-state index contributed by atoms with van der Waals surface area (Å²) in [5, 5.41) is -0.619. The first kappa shape index (κ1) is 13.8. The maximum absolute atomic E-state index is 12.1. The Hall–Kier alpha value is -1.25. The molecule has 0 amide bonds. The third kappa shape index (κ3) is 3.62. The third-order valence-corrected chi connectivity index (χ3v) is 2.45. The van der Waals surface area contributed by atoms with E-state index in [2.05, 4.69) is 4.74 Å². The van der Waals surface area contributed by atoms with Crippen LogP contribution in [0.5, 0.6) is 5.06 Å². The molecule has 0 aromatic carbocycles. The summed E-state index contributed by atoms with van der Waals surface area (Å²) in [7, 11) is 0. The molecule has 0 saturated heterocycles. The van der Waals surface area contributed by atoms with Gasteiger partial charge in [-0.15, -0.1) is 0 Å². The first-order valence-corrected chi connectivity index (χ1v) is 4.81. The fourth-order valence-electron chi connectivity index (χ4n) is 0.896. The molecular formula is C8H4F6O2S. The lowest BCUT2D eigenvalue weighted by molar-refractivity contribution is -0.299. The highest BCUT2D eigenvalue weighted by Gasteiger charge is 2.59. The van der Waals surface area contributed by atoms with Crippen LogP contribution in [0.4, 0.5) is 26.3 Å². The van der Waals surface area contributed by atoms with Crippen LogP contribution in [0.15, 0.2) is 12.1 Å². The van der Waals surface area contributed by atoms with Gasteiger partial charge in [-0.2, -0.15) is 26.3 Å². The Morgan fingerprint density at radius 3 is 2.00 bits per heavy atom. The molecule has 0 spiro atoms. The Bertz CT molecular complexity index is 379. The number of halogens is 6. The van der Waals surface area contributed by atoms with Gasteiger partial charge in [0.15, 0.2) is 11.3 Å². The largest absolute Gasteiger partial charge is 0.462 e. The molecule has 2 nitrogen and oxygen atoms in total. The molecule has 0 aliphatic carbocycles. The van der Waals surface area contributed by atoms with Gasteiger partial charge in [0.05, 0.1) is 4.88 Å². The van der Waals surface area contributed by atoms with E-state index >= 15 is 0 Å². The molecule has 0 N–H and O–H groups in total. The Kier molecular flexibility index (Phi) is 3.70. The predicted octanol–water partition coefficient (Wildman–Crippen LogP) is 3.43. The molecule has 1 heterocycles. The number of thiophene rings is 1. The van der Waals surface area contributed by atoms with Gasteiger partial charge in [0.25, 0.3) is 6.10 Å². The minimum absolute atomic E-state index is 0.0249. The van der Waals surface area contributed by atoms with Crippen LogP contribution < -0.4 is 4.74 Å². The van der Waals surface area contributed by atoms with Crippen LogP contribution in [-0.4, -0.2) is 24.7 Å². The monoisotopic (exact) mass is 278 g/mol. The molecule has 0 unspecified atom stereocenters. The van der Waals surface area contributed by atoms with Gasteiger partial charge in [-0.05, 0) is 12.1 Å². The molecule has 17 heavy (non-hydrogen) atoms. The predicted molar refractivity (Wildman–Crippen MR) is 46.2 cm³/mol. The lowest BCUT2D eigenvalue weighted by Gasteiger charge is -2.22. The van der Waals surface area contributed by atoms with Crippen molar-refractivity contribution in [3.63, 3.8) is 0 Å². The van der Waals surface area contributed by atoms with E-state index in [-0.39, 0.29) is 4.88 Å². The maximum Gasteiger partial charge on any atom is 0.434 e. The lowest BCUT2D eigenvalue weighted by atomic mass is 10.3. The molecule has 0 fully saturated rings. The average molecular weight is 278 g/mol. The van der Waals surface area contributed by atoms with Gasteiger partial charge in [-0.25, -0.2) is 0 Å². The van der Waals surface area contributed by atoms with Crippen molar-refractivity contribution in [3.8, 4) is 5.06 Å². The quantitative estimate of drug-likeness (QED) is 0.625. The number of aldehydes is 1. The summed E-state index contributed by atoms with van der Waals surface area (Å²) in [5.41, 5.74) is 0. The number of hydrogen-bond donors (Lipinski definition) is 0. The van der Waals surface area contributed by atoms with E-state index in [0.717, 1.165) is 12.1 Å². The number of ether oxygens (including phenoxy) is 1. The van der Waals surface area contributed by atoms with Crippen molar-refractivity contribution in [3.05, 3.63) is 17.0 Å². The second kappa shape index (κ2) is 4.55. The van der Waals surface area contributed by atoms with E-state index in [1.165, 1.54) is 0 Å². The average Bonchev–Trinajstić information content (AvgIpc) is 2.58. The first-order chi connectivity index (χ1) is 7.64. The first-order valence-electron chi connectivity index (χ1n) is 3.99. The minimum Gasteiger partial charge on any atom is -0.462 e. The van der Waals surface area contributed by atoms with Gasteiger partial charge in [0, 0.05) is 0 Å². The fourth-order valence-corrected chi connectivity index (χ4v) is 1.59. The molecule has 0 aliphatic rings. The highest BCUT2D eigenvalue weighted by molar-refractivity contribution is 7.15. The zero-order valence-electron chi connectivity index (χ0n) is 7.80. The molecule has 96 valence electrons. The lowest BCUT2D eigenvalue weighted by Crippen LogP contribution is -2.46. The van der Waals surface area contributed by atoms with E-state index < -0.39 is 23.5 Å². The van der Waals surface area contributed by atoms with E-state index in [9.17, 15) is 31.1 Å². The van der Waals surface area contributed by atoms with E-state index in [1.807, 2.05) is 0 Å². The summed E-state index contributed by atoms with van der Waals surface area (Å²) in [6, 6.07) is 1.94. The summed E-state index contributed by atoms with van der Waals surface area (Å²) in [6.45, 7) is 0. The normalized spacial score (nSPS) is 12.9. The Labute approximate surface area is 94.8 Å². The topological polar surface area (TPSA) is 26.3 Å². The van der Waals surface area contributed by atoms with Gasteiger partial charge >= 0.3 is 12.4 Å². The van der Waals surface area contributed by atoms with Gasteiger partial charge in [0.1, 0.15) is 0 Å². The number of carbonyl (C=O) groups excluding carboxylic acids is 1. The second-order valence-corrected chi connectivity index (χ2v) is 3.93. The molecule has 1 aromatic heterocycles. The van der Waals surface area contributed by atoms with E-state index in [0.29, 0.717) is 17.6 Å². The SMILES string of the molecule is O=Cc1ccc(OC(C(F)(F)F)C(F)(F)F)s1. The van der Waals surface area contributed by atoms with E-state index in [1.54, 1.807) is 0 Å². The van der Waals surface area contributed by atoms with Crippen LogP contribution in [-0.2, 0) is 0 Å². The molecular weight excluding hydrogens is 274 g/mol. The molecule has 0 radical (unpaired) electrons. The summed E-state index contributed by atoms with van der Waals surface area (Å²) < 4.78 is 76.3. The Balaban J connectivity index is 2.91. The van der Waals surface area contributed by atoms with Crippen LogP contribution in [0.25, 0.3) is 0 Å². The Morgan fingerprint density at radius 2 is 1.65 bits per heavy atom. The van der Waals surface area contributed by atoms with Crippen molar-refractivity contribution < 1.29 is 35.9 Å². The Morgan fingerprint density at radius 1 is 1.12 bits per heavy atom. The van der Waals surface area contributed by atoms with Crippen LogP contribution in [0.2, 0.25) is 0 Å². The van der Waals surface area contributed by atoms with Crippen molar-refractivity contribution in [2.24, 2.45) is 0 Å². The zero-order chi connectivity index (χ0) is 13.3. The van der Waals surface area contributed by atoms with Crippen LogP contribution in [0.1, 0.15) is 9.67 Å². The van der Waals surface area contributed by atoms with Gasteiger partial charge in [0.2, 0.25) is 0 Å². The van der Waals surface area contributed by atoms with Crippen LogP contribution >= 0.6 is 11.3 Å². The molecule has 0 saturated carbocycles. The maximum atomic E-state index is 12.1. The van der Waals surface area contributed by atoms with Gasteiger partial charge < -0.3 is 4.74 Å². The molecule has 1 rings (SSSR count). The zero-order valence-corrected chi connectivity index (χ0v) is 8.62. The summed E-state index contributed by atoms with van der Waals surface area (Å²) in [6.07, 6.45) is -14.7. The minimum atomic E-state index is -5.57. The second-order valence-electron chi connectivity index (χ2n) is 2.86. The van der Waals surface area contributed by atoms with Crippen molar-refractivity contribution in [1.82, 2.24) is 0 Å². The number of hydrogen-bond acceptors (Lipinski definition) is 3. The molecule has 1 aromatic rings. The summed E-state index contributed by atoms with van der Waals surface area (Å²) >= 11 is 0.403. The summed E-state index contributed by atoms with van der Waals surface area (Å²) in [4.78, 5) is 10.2. The standard InChI is InChI=1S/C8H4F6O2S/c9-7(10,11)6(8(12,13)14)16-5-2-1-4(3-15)17-5/h1-3,6H. The van der Waals surface area contributed by atoms with Crippen LogP contribution in [0.3, 0.4) is 0 Å². The van der Waals surface area contributed by atoms with Gasteiger partial charge in [-0.3, -0.25) is 4.79 Å². The van der Waals surface area contributed by atoms with Gasteiger partial charge in [-0.1, -0.05) is 11.3 Å². The third-order valence-electron chi connectivity index (χ3n) is 1.55. The number of alkyl halides is 6. The van der Waals surface area contributed by atoms with Crippen molar-refractivity contribution in [2.75, 3.05) is 0 Å². The molecule has 9 heteroatoms. The van der Waals surface area contributed by atoms with E-state index in [4.69, 9.17) is 0 Å².